The average Bonchev–Trinajstić information content (AvgIpc) is 3.47. The van der Waals surface area contributed by atoms with E-state index >= 15 is 0 Å². The number of ketones is 1. The quantitative estimate of drug-likeness (QED) is 0.133. The molecule has 300 valence electrons. The van der Waals surface area contributed by atoms with Crippen LogP contribution in [0, 0.1) is 5.92 Å². The number of hydrogen-bond donors (Lipinski definition) is 3. The van der Waals surface area contributed by atoms with Crippen molar-refractivity contribution in [2.24, 2.45) is 5.92 Å². The number of piperidine rings is 2. The number of hydrogen-bond acceptors (Lipinski definition) is 13. The Balaban J connectivity index is 0.829. The molecule has 16 heteroatoms. The number of piperazine rings is 1. The number of nitrogens with one attached hydrogen (secondary N) is 3. The van der Waals surface area contributed by atoms with Crippen LogP contribution in [-0.4, -0.2) is 108 Å². The summed E-state index contributed by atoms with van der Waals surface area (Å²) in [5.41, 5.74) is 4.38. The third kappa shape index (κ3) is 7.91. The van der Waals surface area contributed by atoms with Crippen LogP contribution < -0.4 is 30.5 Å². The first-order valence-corrected chi connectivity index (χ1v) is 19.9. The van der Waals surface area contributed by atoms with Gasteiger partial charge in [0.05, 0.1) is 35.8 Å². The van der Waals surface area contributed by atoms with Gasteiger partial charge < -0.3 is 25.2 Å². The van der Waals surface area contributed by atoms with Crippen molar-refractivity contribution in [2.75, 3.05) is 73.4 Å². The van der Waals surface area contributed by atoms with Crippen LogP contribution >= 0.6 is 11.6 Å². The Kier molecular flexibility index (Phi) is 11.0. The Morgan fingerprint density at radius 2 is 1.55 bits per heavy atom. The van der Waals surface area contributed by atoms with Crippen molar-refractivity contribution in [1.29, 1.82) is 0 Å². The molecule has 3 N–H and O–H groups in total. The molecule has 3 fully saturated rings. The molecule has 1 aromatic heterocycles. The summed E-state index contributed by atoms with van der Waals surface area (Å²) in [7, 11) is 1.63. The van der Waals surface area contributed by atoms with Gasteiger partial charge in [-0.2, -0.15) is 4.98 Å². The highest BCUT2D eigenvalue weighted by Crippen LogP contribution is 2.35. The monoisotopic (exact) mass is 805 g/mol. The molecular formula is C42H44ClN9O6. The molecule has 3 aromatic carbocycles. The molecule has 3 saturated heterocycles. The fourth-order valence-corrected chi connectivity index (χ4v) is 8.36. The predicted molar refractivity (Wildman–Crippen MR) is 220 cm³/mol. The van der Waals surface area contributed by atoms with Crippen LogP contribution in [0.1, 0.15) is 63.7 Å². The molecule has 0 bridgehead atoms. The molecule has 1 atom stereocenters. The van der Waals surface area contributed by atoms with Crippen LogP contribution in [0.4, 0.5) is 34.5 Å². The third-order valence-corrected chi connectivity index (χ3v) is 11.7. The van der Waals surface area contributed by atoms with Gasteiger partial charge in [0.1, 0.15) is 16.8 Å². The van der Waals surface area contributed by atoms with E-state index in [-0.39, 0.29) is 18.6 Å². The van der Waals surface area contributed by atoms with E-state index in [9.17, 15) is 24.0 Å². The molecule has 4 aliphatic rings. The van der Waals surface area contributed by atoms with Crippen molar-refractivity contribution < 1.29 is 28.7 Å². The van der Waals surface area contributed by atoms with Crippen LogP contribution in [0.25, 0.3) is 0 Å². The highest BCUT2D eigenvalue weighted by molar-refractivity contribution is 6.33. The molecule has 4 aliphatic heterocycles. The van der Waals surface area contributed by atoms with E-state index in [0.29, 0.717) is 56.5 Å². The number of amides is 4. The summed E-state index contributed by atoms with van der Waals surface area (Å²) < 4.78 is 5.78. The summed E-state index contributed by atoms with van der Waals surface area (Å²) in [6.07, 6.45) is 3.85. The first kappa shape index (κ1) is 38.8. The number of carbonyl (C=O) groups excluding carboxylic acids is 5. The second-order valence-electron chi connectivity index (χ2n) is 15.0. The molecule has 0 aliphatic carbocycles. The zero-order valence-corrected chi connectivity index (χ0v) is 33.1. The van der Waals surface area contributed by atoms with Crippen molar-refractivity contribution in [1.82, 2.24) is 25.1 Å². The Bertz CT molecular complexity index is 2290. The van der Waals surface area contributed by atoms with Gasteiger partial charge in [0.25, 0.3) is 11.8 Å². The number of fused-ring (bicyclic) bond motifs is 1. The summed E-state index contributed by atoms with van der Waals surface area (Å²) in [6.45, 7) is 7.75. The minimum Gasteiger partial charge on any atom is -0.494 e. The Morgan fingerprint density at radius 1 is 0.845 bits per heavy atom. The summed E-state index contributed by atoms with van der Waals surface area (Å²) >= 11 is 6.42. The van der Waals surface area contributed by atoms with Crippen LogP contribution in [0.3, 0.4) is 0 Å². The van der Waals surface area contributed by atoms with E-state index in [1.165, 1.54) is 13.1 Å². The Labute approximate surface area is 340 Å². The molecule has 0 saturated carbocycles. The number of nitrogens with zero attached hydrogens (tertiary/aromatic N) is 6. The lowest BCUT2D eigenvalue weighted by Gasteiger charge is -2.40. The minimum absolute atomic E-state index is 0.0745. The second-order valence-corrected chi connectivity index (χ2v) is 15.4. The molecule has 58 heavy (non-hydrogen) atoms. The van der Waals surface area contributed by atoms with Gasteiger partial charge in [0.15, 0.2) is 11.6 Å². The molecule has 4 amide bonds. The summed E-state index contributed by atoms with van der Waals surface area (Å²) in [5, 5.41) is 8.97. The zero-order valence-electron chi connectivity index (χ0n) is 32.3. The topological polar surface area (TPSA) is 169 Å². The molecule has 4 aromatic rings. The second kappa shape index (κ2) is 16.4. The molecule has 0 radical (unpaired) electrons. The fourth-order valence-electron chi connectivity index (χ4n) is 8.23. The van der Waals surface area contributed by atoms with Crippen LogP contribution in [0.15, 0.2) is 66.9 Å². The van der Waals surface area contributed by atoms with Crippen LogP contribution in [-0.2, 0) is 9.59 Å². The van der Waals surface area contributed by atoms with Gasteiger partial charge >= 0.3 is 0 Å². The maximum Gasteiger partial charge on any atom is 0.262 e. The van der Waals surface area contributed by atoms with E-state index in [1.807, 2.05) is 24.3 Å². The molecule has 15 nitrogen and oxygen atoms in total. The Hall–Kier alpha value is -6.06. The van der Waals surface area contributed by atoms with E-state index < -0.39 is 29.7 Å². The van der Waals surface area contributed by atoms with Gasteiger partial charge in [0.2, 0.25) is 17.8 Å². The van der Waals surface area contributed by atoms with Gasteiger partial charge in [-0.1, -0.05) is 23.7 Å². The largest absolute Gasteiger partial charge is 0.494 e. The number of anilines is 6. The van der Waals surface area contributed by atoms with Gasteiger partial charge in [-0.15, -0.1) is 0 Å². The Morgan fingerprint density at radius 3 is 2.29 bits per heavy atom. The minimum atomic E-state index is -0.977. The lowest BCUT2D eigenvalue weighted by molar-refractivity contribution is -0.136. The number of ether oxygens (including phenoxy) is 1. The maximum atomic E-state index is 13.3. The van der Waals surface area contributed by atoms with Crippen molar-refractivity contribution in [3.05, 3.63) is 88.6 Å². The highest BCUT2D eigenvalue weighted by atomic mass is 35.5. The van der Waals surface area contributed by atoms with E-state index in [1.54, 1.807) is 37.4 Å². The summed E-state index contributed by atoms with van der Waals surface area (Å²) in [5.74, 6) is -0.156. The number of Topliss-reactive ketones (excluding diaryl/α,β-unsaturated/α-hetero) is 1. The smallest absolute Gasteiger partial charge is 0.262 e. The average molecular weight is 806 g/mol. The third-order valence-electron chi connectivity index (χ3n) is 11.4. The lowest BCUT2D eigenvalue weighted by Crippen LogP contribution is -2.54. The van der Waals surface area contributed by atoms with Crippen LogP contribution in [0.2, 0.25) is 5.02 Å². The SMILES string of the molecule is COc1cc(N2CCC(CN3CCN(c4ccc5c(c4)C(=O)N(C4CCC(=O)NC4=O)C5=O)CC3)CC2)ccc1Nc1ncc(Cl)c(Nc2ccccc2C(C)=O)n1. The normalized spacial score (nSPS) is 18.9. The maximum absolute atomic E-state index is 13.3. The van der Waals surface area contributed by atoms with Gasteiger partial charge in [0, 0.05) is 75.2 Å². The number of aromatic nitrogens is 2. The predicted octanol–water partition coefficient (Wildman–Crippen LogP) is 5.27. The first-order valence-electron chi connectivity index (χ1n) is 19.5. The van der Waals surface area contributed by atoms with Crippen molar-refractivity contribution in [3.63, 3.8) is 0 Å². The van der Waals surface area contributed by atoms with Gasteiger partial charge in [-0.05, 0) is 74.6 Å². The number of methoxy groups -OCH3 is 1. The number of halogens is 1. The van der Waals surface area contributed by atoms with Gasteiger partial charge in [-0.3, -0.25) is 39.1 Å². The van der Waals surface area contributed by atoms with E-state index in [4.69, 9.17) is 16.3 Å². The van der Waals surface area contributed by atoms with Crippen LogP contribution in [0.5, 0.6) is 5.75 Å². The molecule has 8 rings (SSSR count). The number of rotatable bonds is 11. The molecule has 5 heterocycles. The molecular weight excluding hydrogens is 762 g/mol. The zero-order chi connectivity index (χ0) is 40.5. The number of benzene rings is 3. The van der Waals surface area contributed by atoms with Crippen molar-refractivity contribution in [2.45, 2.75) is 38.6 Å². The van der Waals surface area contributed by atoms with Gasteiger partial charge in [-0.25, -0.2) is 4.98 Å². The summed E-state index contributed by atoms with van der Waals surface area (Å²) in [6, 6.07) is 17.6. The van der Waals surface area contributed by atoms with Crippen molar-refractivity contribution >= 4 is 75.5 Å². The number of para-hydroxylation sites is 1. The molecule has 1 unspecified atom stereocenters. The standard InChI is InChI=1S/C42H44ClN9O6/c1-25(53)29-5-3-4-6-33(29)45-38-32(43)23-44-42(48-38)46-34-10-8-28(22-36(34)58-2)50-15-13-26(14-16-50)24-49-17-19-51(20-18-49)27-7-9-30-31(21-27)41(57)52(40(30)56)35-11-12-37(54)47-39(35)55/h3-10,21-23,26,35H,11-20,24H2,1-2H3,(H,47,54,55)(H2,44,45,46,48). The summed E-state index contributed by atoms with van der Waals surface area (Å²) in [4.78, 5) is 79.8. The van der Waals surface area contributed by atoms with E-state index in [2.05, 4.69) is 46.7 Å². The van der Waals surface area contributed by atoms with E-state index in [0.717, 1.165) is 74.9 Å². The number of imide groups is 2. The van der Waals surface area contributed by atoms with Crippen molar-refractivity contribution in [3.8, 4) is 5.75 Å². The fraction of sp³-hybridized carbons (Fsp3) is 0.357. The molecule has 0 spiro atoms. The highest BCUT2D eigenvalue weighted by Gasteiger charge is 2.45. The number of carbonyl (C=O) groups is 5. The lowest BCUT2D eigenvalue weighted by atomic mass is 9.95. The first-order chi connectivity index (χ1) is 28.1.